The van der Waals surface area contributed by atoms with Crippen LogP contribution in [0.5, 0.6) is 0 Å². The fraction of sp³-hybridized carbons (Fsp3) is 0.318. The van der Waals surface area contributed by atoms with Crippen LogP contribution in [0.4, 0.5) is 4.39 Å². The fourth-order valence-corrected chi connectivity index (χ4v) is 2.63. The zero-order valence-electron chi connectivity index (χ0n) is 16.5. The maximum Gasteiger partial charge on any atom is 0.329 e. The van der Waals surface area contributed by atoms with Crippen LogP contribution < -0.4 is 10.6 Å². The second-order valence-electron chi connectivity index (χ2n) is 6.87. The minimum Gasteiger partial charge on any atom is -0.454 e. The SMILES string of the molecule is CC(C)[C@H](NC(=O)c1ccccc1F)C(=O)OCC(=O)NCCc1ccccc1. The number of benzene rings is 2. The first kappa shape index (κ1) is 22.1. The molecule has 0 heterocycles. The Bertz CT molecular complexity index is 840. The number of halogens is 1. The Hall–Kier alpha value is -3.22. The van der Waals surface area contributed by atoms with E-state index in [1.165, 1.54) is 18.2 Å². The smallest absolute Gasteiger partial charge is 0.329 e. The van der Waals surface area contributed by atoms with Crippen LogP contribution in [0.15, 0.2) is 54.6 Å². The monoisotopic (exact) mass is 400 g/mol. The van der Waals surface area contributed by atoms with Gasteiger partial charge in [-0.1, -0.05) is 56.3 Å². The van der Waals surface area contributed by atoms with Gasteiger partial charge in [0.2, 0.25) is 0 Å². The molecule has 0 aromatic heterocycles. The predicted molar refractivity (Wildman–Crippen MR) is 107 cm³/mol. The van der Waals surface area contributed by atoms with E-state index in [9.17, 15) is 18.8 Å². The Kier molecular flexibility index (Phi) is 8.33. The van der Waals surface area contributed by atoms with Gasteiger partial charge >= 0.3 is 5.97 Å². The third-order valence-electron chi connectivity index (χ3n) is 4.25. The number of ether oxygens (including phenoxy) is 1. The van der Waals surface area contributed by atoms with Gasteiger partial charge in [-0.25, -0.2) is 9.18 Å². The predicted octanol–water partition coefficient (Wildman–Crippen LogP) is 2.48. The highest BCUT2D eigenvalue weighted by Gasteiger charge is 2.27. The summed E-state index contributed by atoms with van der Waals surface area (Å²) in [5, 5.41) is 5.15. The lowest BCUT2D eigenvalue weighted by Crippen LogP contribution is -2.46. The second kappa shape index (κ2) is 10.9. The summed E-state index contributed by atoms with van der Waals surface area (Å²) >= 11 is 0. The van der Waals surface area contributed by atoms with Gasteiger partial charge in [-0.15, -0.1) is 0 Å². The summed E-state index contributed by atoms with van der Waals surface area (Å²) in [4.78, 5) is 36.5. The third kappa shape index (κ3) is 7.03. The highest BCUT2D eigenvalue weighted by Crippen LogP contribution is 2.10. The molecule has 2 rings (SSSR count). The first-order valence-electron chi connectivity index (χ1n) is 9.41. The van der Waals surface area contributed by atoms with Crippen molar-refractivity contribution in [1.82, 2.24) is 10.6 Å². The van der Waals surface area contributed by atoms with Crippen molar-refractivity contribution in [3.05, 3.63) is 71.5 Å². The van der Waals surface area contributed by atoms with Crippen molar-refractivity contribution in [3.63, 3.8) is 0 Å². The van der Waals surface area contributed by atoms with Gasteiger partial charge in [0.05, 0.1) is 5.56 Å². The van der Waals surface area contributed by atoms with Crippen molar-refractivity contribution in [2.24, 2.45) is 5.92 Å². The van der Waals surface area contributed by atoms with Gasteiger partial charge in [-0.2, -0.15) is 0 Å². The number of amides is 2. The molecule has 0 radical (unpaired) electrons. The van der Waals surface area contributed by atoms with E-state index in [0.717, 1.165) is 11.6 Å². The van der Waals surface area contributed by atoms with Crippen LogP contribution in [0.1, 0.15) is 29.8 Å². The van der Waals surface area contributed by atoms with Crippen LogP contribution >= 0.6 is 0 Å². The number of carbonyl (C=O) groups is 3. The molecule has 0 fully saturated rings. The molecule has 0 aliphatic heterocycles. The molecule has 2 aromatic carbocycles. The normalized spacial score (nSPS) is 11.6. The topological polar surface area (TPSA) is 84.5 Å². The molecule has 29 heavy (non-hydrogen) atoms. The number of carbonyl (C=O) groups excluding carboxylic acids is 3. The summed E-state index contributed by atoms with van der Waals surface area (Å²) in [5.41, 5.74) is 0.921. The van der Waals surface area contributed by atoms with Gasteiger partial charge in [0.15, 0.2) is 6.61 Å². The molecular weight excluding hydrogens is 375 g/mol. The van der Waals surface area contributed by atoms with Crippen molar-refractivity contribution in [2.75, 3.05) is 13.2 Å². The van der Waals surface area contributed by atoms with Gasteiger partial charge in [-0.05, 0) is 30.0 Å². The van der Waals surface area contributed by atoms with E-state index in [2.05, 4.69) is 10.6 Å². The van der Waals surface area contributed by atoms with Crippen LogP contribution in [0.25, 0.3) is 0 Å². The highest BCUT2D eigenvalue weighted by molar-refractivity contribution is 5.97. The van der Waals surface area contributed by atoms with Gasteiger partial charge < -0.3 is 15.4 Å². The average Bonchev–Trinajstić information content (AvgIpc) is 2.71. The molecule has 0 saturated heterocycles. The standard InChI is InChI=1S/C22H25FN2O4/c1-15(2)20(25-21(27)17-10-6-7-11-18(17)23)22(28)29-14-19(26)24-13-12-16-8-4-3-5-9-16/h3-11,15,20H,12-14H2,1-2H3,(H,24,26)(H,25,27)/t20-/m0/s1. The number of hydrogen-bond acceptors (Lipinski definition) is 4. The van der Waals surface area contributed by atoms with Crippen molar-refractivity contribution >= 4 is 17.8 Å². The molecule has 0 unspecified atom stereocenters. The number of rotatable bonds is 9. The van der Waals surface area contributed by atoms with Crippen molar-refractivity contribution in [3.8, 4) is 0 Å². The summed E-state index contributed by atoms with van der Waals surface area (Å²) in [7, 11) is 0. The minimum atomic E-state index is -1.00. The summed E-state index contributed by atoms with van der Waals surface area (Å²) in [6.07, 6.45) is 0.661. The van der Waals surface area contributed by atoms with Crippen LogP contribution in [0.3, 0.4) is 0 Å². The molecule has 2 aromatic rings. The zero-order valence-corrected chi connectivity index (χ0v) is 16.5. The largest absolute Gasteiger partial charge is 0.454 e. The number of hydrogen-bond donors (Lipinski definition) is 2. The maximum atomic E-state index is 13.8. The van der Waals surface area contributed by atoms with Gasteiger partial charge in [0, 0.05) is 6.54 Å². The van der Waals surface area contributed by atoms with Crippen molar-refractivity contribution in [2.45, 2.75) is 26.3 Å². The minimum absolute atomic E-state index is 0.162. The van der Waals surface area contributed by atoms with E-state index < -0.39 is 36.2 Å². The molecular formula is C22H25FN2O4. The molecule has 2 N–H and O–H groups in total. The van der Waals surface area contributed by atoms with Crippen LogP contribution in [0.2, 0.25) is 0 Å². The van der Waals surface area contributed by atoms with Gasteiger partial charge in [-0.3, -0.25) is 9.59 Å². The van der Waals surface area contributed by atoms with E-state index >= 15 is 0 Å². The first-order valence-corrected chi connectivity index (χ1v) is 9.41. The Morgan fingerprint density at radius 1 is 1.00 bits per heavy atom. The zero-order chi connectivity index (χ0) is 21.2. The Balaban J connectivity index is 1.82. The molecule has 0 aliphatic rings. The molecule has 0 aliphatic carbocycles. The summed E-state index contributed by atoms with van der Waals surface area (Å²) < 4.78 is 18.8. The first-order chi connectivity index (χ1) is 13.9. The average molecular weight is 400 g/mol. The Morgan fingerprint density at radius 3 is 2.31 bits per heavy atom. The molecule has 1 atom stereocenters. The Labute approximate surface area is 169 Å². The van der Waals surface area contributed by atoms with E-state index in [4.69, 9.17) is 4.74 Å². The molecule has 2 amide bonds. The van der Waals surface area contributed by atoms with Crippen molar-refractivity contribution < 1.29 is 23.5 Å². The van der Waals surface area contributed by atoms with E-state index in [0.29, 0.717) is 13.0 Å². The van der Waals surface area contributed by atoms with Crippen LogP contribution in [-0.4, -0.2) is 37.0 Å². The van der Waals surface area contributed by atoms with E-state index in [-0.39, 0.29) is 11.5 Å². The molecule has 6 nitrogen and oxygen atoms in total. The summed E-state index contributed by atoms with van der Waals surface area (Å²) in [6.45, 7) is 3.39. The summed E-state index contributed by atoms with van der Waals surface area (Å²) in [6, 6.07) is 14.1. The van der Waals surface area contributed by atoms with Crippen molar-refractivity contribution in [1.29, 1.82) is 0 Å². The second-order valence-corrected chi connectivity index (χ2v) is 6.87. The molecule has 7 heteroatoms. The number of esters is 1. The van der Waals surface area contributed by atoms with Gasteiger partial charge in [0.25, 0.3) is 11.8 Å². The molecule has 0 bridgehead atoms. The molecule has 0 spiro atoms. The van der Waals surface area contributed by atoms with E-state index in [1.807, 2.05) is 30.3 Å². The van der Waals surface area contributed by atoms with Crippen LogP contribution in [-0.2, 0) is 20.7 Å². The third-order valence-corrected chi connectivity index (χ3v) is 4.25. The molecule has 0 saturated carbocycles. The molecule has 154 valence electrons. The van der Waals surface area contributed by atoms with E-state index in [1.54, 1.807) is 13.8 Å². The number of nitrogens with one attached hydrogen (secondary N) is 2. The Morgan fingerprint density at radius 2 is 1.66 bits per heavy atom. The van der Waals surface area contributed by atoms with Crippen LogP contribution in [0, 0.1) is 11.7 Å². The highest BCUT2D eigenvalue weighted by atomic mass is 19.1. The maximum absolute atomic E-state index is 13.8. The quantitative estimate of drug-likeness (QED) is 0.634. The lowest BCUT2D eigenvalue weighted by molar-refractivity contribution is -0.151. The lowest BCUT2D eigenvalue weighted by atomic mass is 10.0. The lowest BCUT2D eigenvalue weighted by Gasteiger charge is -2.21. The summed E-state index contributed by atoms with van der Waals surface area (Å²) in [5.74, 6) is -2.88. The fourth-order valence-electron chi connectivity index (χ4n) is 2.63. The van der Waals surface area contributed by atoms with Gasteiger partial charge in [0.1, 0.15) is 11.9 Å².